The zero-order valence-electron chi connectivity index (χ0n) is 22.3. The molecule has 0 spiro atoms. The Hall–Kier alpha value is -4.36. The SMILES string of the molecule is Cc1ccc(CN(CCCn2ccnc2)Cc2cc3c(cc2C)OCO3)o1.O=C(O)CC(O)(CC(=O)O)C(=O)O. The highest BCUT2D eigenvalue weighted by Crippen LogP contribution is 2.35. The van der Waals surface area contributed by atoms with Crippen LogP contribution in [-0.2, 0) is 34.0 Å². The Morgan fingerprint density at radius 3 is 2.25 bits per heavy atom. The molecule has 216 valence electrons. The predicted molar refractivity (Wildman–Crippen MR) is 139 cm³/mol. The van der Waals surface area contributed by atoms with Crippen molar-refractivity contribution < 1.29 is 48.7 Å². The molecule has 3 heterocycles. The third-order valence-corrected chi connectivity index (χ3v) is 6.14. The zero-order valence-corrected chi connectivity index (χ0v) is 22.3. The molecule has 4 N–H and O–H groups in total. The summed E-state index contributed by atoms with van der Waals surface area (Å²) in [5, 5.41) is 33.8. The number of nitrogens with zero attached hydrogens (tertiary/aromatic N) is 3. The molecule has 0 amide bonds. The van der Waals surface area contributed by atoms with Crippen LogP contribution in [0.3, 0.4) is 0 Å². The molecule has 40 heavy (non-hydrogen) atoms. The molecule has 0 radical (unpaired) electrons. The van der Waals surface area contributed by atoms with E-state index < -0.39 is 36.4 Å². The van der Waals surface area contributed by atoms with Crippen LogP contribution in [0.5, 0.6) is 11.5 Å². The maximum Gasteiger partial charge on any atom is 0.336 e. The quantitative estimate of drug-likeness (QED) is 0.240. The van der Waals surface area contributed by atoms with Gasteiger partial charge in [0.05, 0.1) is 25.7 Å². The van der Waals surface area contributed by atoms with E-state index in [1.54, 1.807) is 0 Å². The summed E-state index contributed by atoms with van der Waals surface area (Å²) in [5.74, 6) is -1.40. The summed E-state index contributed by atoms with van der Waals surface area (Å²) in [6.45, 7) is 7.95. The first-order valence-electron chi connectivity index (χ1n) is 12.5. The van der Waals surface area contributed by atoms with Crippen LogP contribution in [0.4, 0.5) is 0 Å². The third kappa shape index (κ3) is 8.85. The topological polar surface area (TPSA) is 185 Å². The van der Waals surface area contributed by atoms with Gasteiger partial charge in [0, 0.05) is 32.0 Å². The maximum absolute atomic E-state index is 10.3. The number of ether oxygens (including phenoxy) is 2. The van der Waals surface area contributed by atoms with Crippen LogP contribution >= 0.6 is 0 Å². The van der Waals surface area contributed by atoms with Gasteiger partial charge >= 0.3 is 17.9 Å². The summed E-state index contributed by atoms with van der Waals surface area (Å²) in [7, 11) is 0. The van der Waals surface area contributed by atoms with Crippen molar-refractivity contribution in [1.82, 2.24) is 14.5 Å². The number of aliphatic hydroxyl groups is 1. The van der Waals surface area contributed by atoms with Gasteiger partial charge in [0.25, 0.3) is 0 Å². The first-order valence-corrected chi connectivity index (χ1v) is 12.5. The first kappa shape index (κ1) is 30.2. The van der Waals surface area contributed by atoms with Crippen LogP contribution in [0, 0.1) is 13.8 Å². The molecule has 13 heteroatoms. The second-order valence-electron chi connectivity index (χ2n) is 9.49. The van der Waals surface area contributed by atoms with Crippen LogP contribution in [-0.4, -0.2) is 71.7 Å². The highest BCUT2D eigenvalue weighted by atomic mass is 16.7. The van der Waals surface area contributed by atoms with E-state index in [0.29, 0.717) is 6.79 Å². The van der Waals surface area contributed by atoms with Gasteiger partial charge in [-0.2, -0.15) is 0 Å². The predicted octanol–water partition coefficient (Wildman–Crippen LogP) is 2.67. The number of furan rings is 1. The number of rotatable bonds is 13. The van der Waals surface area contributed by atoms with Crippen molar-refractivity contribution in [2.75, 3.05) is 13.3 Å². The Balaban J connectivity index is 0.000000289. The molecule has 0 unspecified atom stereocenters. The second kappa shape index (κ2) is 13.6. The number of aryl methyl sites for hydroxylation is 3. The smallest absolute Gasteiger partial charge is 0.336 e. The number of carboxylic acid groups (broad SMARTS) is 3. The average Bonchev–Trinajstić information content (AvgIpc) is 3.61. The van der Waals surface area contributed by atoms with Crippen molar-refractivity contribution >= 4 is 17.9 Å². The Labute approximate surface area is 230 Å². The van der Waals surface area contributed by atoms with Crippen LogP contribution in [0.25, 0.3) is 0 Å². The molecule has 1 aliphatic rings. The summed E-state index contributed by atoms with van der Waals surface area (Å²) in [6.07, 6.45) is 4.44. The van der Waals surface area contributed by atoms with Crippen molar-refractivity contribution in [3.63, 3.8) is 0 Å². The lowest BCUT2D eigenvalue weighted by molar-refractivity contribution is -0.170. The third-order valence-electron chi connectivity index (χ3n) is 6.14. The zero-order chi connectivity index (χ0) is 29.3. The normalized spacial score (nSPS) is 12.2. The fraction of sp³-hybridized carbons (Fsp3) is 0.407. The molecule has 2 aromatic heterocycles. The number of aromatic nitrogens is 2. The Morgan fingerprint density at radius 2 is 1.70 bits per heavy atom. The summed E-state index contributed by atoms with van der Waals surface area (Å²) < 4.78 is 19.0. The Kier molecular flexibility index (Phi) is 10.3. The summed E-state index contributed by atoms with van der Waals surface area (Å²) in [6, 6.07) is 8.25. The number of hydrogen-bond donors (Lipinski definition) is 4. The monoisotopic (exact) mass is 559 g/mol. The van der Waals surface area contributed by atoms with E-state index in [-0.39, 0.29) is 0 Å². The molecule has 13 nitrogen and oxygen atoms in total. The Bertz CT molecular complexity index is 1290. The molecule has 0 fully saturated rings. The van der Waals surface area contributed by atoms with E-state index >= 15 is 0 Å². The van der Waals surface area contributed by atoms with Gasteiger partial charge in [-0.05, 0) is 55.7 Å². The molecule has 1 aromatic carbocycles. The van der Waals surface area contributed by atoms with Gasteiger partial charge in [-0.15, -0.1) is 0 Å². The maximum atomic E-state index is 10.3. The fourth-order valence-electron chi connectivity index (χ4n) is 4.11. The summed E-state index contributed by atoms with van der Waals surface area (Å²) in [4.78, 5) is 37.0. The average molecular weight is 560 g/mol. The number of benzene rings is 1. The minimum Gasteiger partial charge on any atom is -0.481 e. The minimum absolute atomic E-state index is 0.304. The molecule has 1 aliphatic heterocycles. The van der Waals surface area contributed by atoms with Gasteiger partial charge in [0.2, 0.25) is 6.79 Å². The second-order valence-corrected chi connectivity index (χ2v) is 9.49. The van der Waals surface area contributed by atoms with E-state index in [2.05, 4.69) is 39.6 Å². The number of hydrogen-bond acceptors (Lipinski definition) is 9. The molecule has 0 saturated heterocycles. The summed E-state index contributed by atoms with van der Waals surface area (Å²) in [5.41, 5.74) is -0.267. The van der Waals surface area contributed by atoms with Gasteiger partial charge in [0.1, 0.15) is 11.5 Å². The van der Waals surface area contributed by atoms with E-state index in [9.17, 15) is 14.4 Å². The van der Waals surface area contributed by atoms with Crippen molar-refractivity contribution in [2.24, 2.45) is 0 Å². The van der Waals surface area contributed by atoms with Crippen LogP contribution in [0.1, 0.15) is 41.9 Å². The molecule has 0 bridgehead atoms. The number of carbonyl (C=O) groups is 3. The highest BCUT2D eigenvalue weighted by molar-refractivity contribution is 5.88. The lowest BCUT2D eigenvalue weighted by Gasteiger charge is -2.22. The van der Waals surface area contributed by atoms with Crippen molar-refractivity contribution in [2.45, 2.75) is 58.3 Å². The minimum atomic E-state index is -2.74. The lowest BCUT2D eigenvalue weighted by atomic mass is 9.96. The molecule has 0 atom stereocenters. The van der Waals surface area contributed by atoms with Crippen LogP contribution < -0.4 is 9.47 Å². The molecular formula is C27H33N3O10. The Morgan fingerprint density at radius 1 is 1.02 bits per heavy atom. The number of carboxylic acids is 3. The number of imidazole rings is 1. The highest BCUT2D eigenvalue weighted by Gasteiger charge is 2.40. The largest absolute Gasteiger partial charge is 0.481 e. The van der Waals surface area contributed by atoms with Crippen molar-refractivity contribution in [3.05, 3.63) is 65.6 Å². The van der Waals surface area contributed by atoms with Gasteiger partial charge in [-0.25, -0.2) is 9.78 Å². The van der Waals surface area contributed by atoms with Gasteiger partial charge in [-0.1, -0.05) is 0 Å². The van der Waals surface area contributed by atoms with Gasteiger partial charge in [-0.3, -0.25) is 14.5 Å². The summed E-state index contributed by atoms with van der Waals surface area (Å²) >= 11 is 0. The van der Waals surface area contributed by atoms with E-state index in [4.69, 9.17) is 34.3 Å². The van der Waals surface area contributed by atoms with E-state index in [1.165, 1.54) is 11.1 Å². The number of aliphatic carboxylic acids is 3. The van der Waals surface area contributed by atoms with Crippen molar-refractivity contribution in [3.8, 4) is 11.5 Å². The molecule has 4 rings (SSSR count). The van der Waals surface area contributed by atoms with Crippen molar-refractivity contribution in [1.29, 1.82) is 0 Å². The van der Waals surface area contributed by atoms with E-state index in [1.807, 2.05) is 31.7 Å². The van der Waals surface area contributed by atoms with Gasteiger partial charge in [0.15, 0.2) is 17.1 Å². The fourth-order valence-corrected chi connectivity index (χ4v) is 4.11. The standard InChI is InChI=1S/C21H25N3O3.C6H8O7/c1-16-10-20-21(26-15-25-20)11-18(16)12-24(13-19-5-4-17(2)27-19)8-3-7-23-9-6-22-14-23;7-3(8)1-6(13,5(11)12)2-4(9)10/h4-6,9-11,14H,3,7-8,12-13,15H2,1-2H3;13H,1-2H2,(H,7,8)(H,9,10)(H,11,12). The van der Waals surface area contributed by atoms with Crippen LogP contribution in [0.2, 0.25) is 0 Å². The molecule has 3 aromatic rings. The molecule has 0 aliphatic carbocycles. The molecular weight excluding hydrogens is 526 g/mol. The van der Waals surface area contributed by atoms with Gasteiger partial charge < -0.3 is 38.9 Å². The van der Waals surface area contributed by atoms with Crippen LogP contribution in [0.15, 0.2) is 47.4 Å². The van der Waals surface area contributed by atoms with E-state index in [0.717, 1.165) is 55.6 Å². The first-order chi connectivity index (χ1) is 18.9. The molecule has 0 saturated carbocycles. The number of fused-ring (bicyclic) bond motifs is 1. The lowest BCUT2D eigenvalue weighted by Crippen LogP contribution is -2.42.